The zero-order valence-corrected chi connectivity index (χ0v) is 12.3. The van der Waals surface area contributed by atoms with E-state index in [2.05, 4.69) is 30.1 Å². The maximum atomic E-state index is 5.83. The van der Waals surface area contributed by atoms with Gasteiger partial charge in [-0.2, -0.15) is 0 Å². The summed E-state index contributed by atoms with van der Waals surface area (Å²) in [5.74, 6) is 0. The molecule has 1 aliphatic heterocycles. The van der Waals surface area contributed by atoms with Crippen molar-refractivity contribution in [3.8, 4) is 0 Å². The molecule has 1 atom stereocenters. The lowest BCUT2D eigenvalue weighted by atomic mass is 10.0. The van der Waals surface area contributed by atoms with Crippen LogP contribution in [0, 0.1) is 0 Å². The van der Waals surface area contributed by atoms with E-state index in [4.69, 9.17) is 22.7 Å². The molecule has 0 bridgehead atoms. The van der Waals surface area contributed by atoms with E-state index < -0.39 is 0 Å². The summed E-state index contributed by atoms with van der Waals surface area (Å²) in [6.07, 6.45) is 1.07. The van der Waals surface area contributed by atoms with Crippen LogP contribution in [0.1, 0.15) is 12.0 Å². The number of anilines is 1. The molecule has 2 aromatic carbocycles. The Morgan fingerprint density at radius 3 is 2.65 bits per heavy atom. The first-order valence-corrected chi connectivity index (χ1v) is 7.21. The molecular weight excluding hydrogens is 268 g/mol. The maximum absolute atomic E-state index is 5.83. The van der Waals surface area contributed by atoms with E-state index in [0.717, 1.165) is 30.6 Å². The number of likely N-dealkylation sites (N-methyl/N-ethyl adjacent to an activating group) is 1. The monoisotopic (exact) mass is 286 g/mol. The zero-order chi connectivity index (χ0) is 14.1. The van der Waals surface area contributed by atoms with E-state index >= 15 is 0 Å². The smallest absolute Gasteiger partial charge is 0.104 e. The van der Waals surface area contributed by atoms with Crippen molar-refractivity contribution < 1.29 is 4.74 Å². The molecule has 1 aliphatic rings. The molecule has 1 unspecified atom stereocenters. The molecule has 0 radical (unpaired) electrons. The SMILES string of the molecule is CN(c1ccc(C(N)=S)c2ccccc12)C1CCOC1. The van der Waals surface area contributed by atoms with Gasteiger partial charge in [-0.3, -0.25) is 0 Å². The summed E-state index contributed by atoms with van der Waals surface area (Å²) < 4.78 is 5.49. The van der Waals surface area contributed by atoms with Crippen LogP contribution in [0.3, 0.4) is 0 Å². The summed E-state index contributed by atoms with van der Waals surface area (Å²) >= 11 is 5.15. The fraction of sp³-hybridized carbons (Fsp3) is 0.312. The number of thiocarbonyl (C=S) groups is 1. The van der Waals surface area contributed by atoms with Crippen LogP contribution in [0.5, 0.6) is 0 Å². The second-order valence-corrected chi connectivity index (χ2v) is 5.61. The standard InChI is InChI=1S/C16H18N2OS/c1-18(11-8-9-19-10-11)15-7-6-14(16(17)20)12-4-2-3-5-13(12)15/h2-7,11H,8-10H2,1H3,(H2,17,20). The molecule has 1 saturated heterocycles. The highest BCUT2D eigenvalue weighted by atomic mass is 32.1. The van der Waals surface area contributed by atoms with Crippen LogP contribution in [-0.4, -0.2) is 31.3 Å². The predicted octanol–water partition coefficient (Wildman–Crippen LogP) is 2.70. The lowest BCUT2D eigenvalue weighted by Crippen LogP contribution is -2.32. The predicted molar refractivity (Wildman–Crippen MR) is 87.5 cm³/mol. The minimum atomic E-state index is 0.439. The van der Waals surface area contributed by atoms with Crippen molar-refractivity contribution in [2.75, 3.05) is 25.2 Å². The Bertz CT molecular complexity index is 650. The highest BCUT2D eigenvalue weighted by Gasteiger charge is 2.22. The van der Waals surface area contributed by atoms with Crippen LogP contribution in [0.15, 0.2) is 36.4 Å². The number of nitrogens with zero attached hydrogens (tertiary/aromatic N) is 1. The van der Waals surface area contributed by atoms with Crippen LogP contribution >= 0.6 is 12.2 Å². The number of nitrogens with two attached hydrogens (primary N) is 1. The molecule has 0 aromatic heterocycles. The first-order chi connectivity index (χ1) is 9.68. The Morgan fingerprint density at radius 2 is 2.00 bits per heavy atom. The first-order valence-electron chi connectivity index (χ1n) is 6.80. The molecular formula is C16H18N2OS. The molecule has 0 saturated carbocycles. The normalized spacial score (nSPS) is 18.4. The lowest BCUT2D eigenvalue weighted by Gasteiger charge is -2.27. The van der Waals surface area contributed by atoms with Gasteiger partial charge in [-0.05, 0) is 23.9 Å². The van der Waals surface area contributed by atoms with Crippen molar-refractivity contribution in [2.45, 2.75) is 12.5 Å². The molecule has 0 spiro atoms. The van der Waals surface area contributed by atoms with E-state index in [1.54, 1.807) is 0 Å². The molecule has 1 fully saturated rings. The summed E-state index contributed by atoms with van der Waals surface area (Å²) in [6.45, 7) is 1.64. The first kappa shape index (κ1) is 13.3. The van der Waals surface area contributed by atoms with Crippen molar-refractivity contribution in [3.63, 3.8) is 0 Å². The minimum absolute atomic E-state index is 0.439. The number of benzene rings is 2. The van der Waals surface area contributed by atoms with Crippen LogP contribution in [0.4, 0.5) is 5.69 Å². The minimum Gasteiger partial charge on any atom is -0.389 e. The van der Waals surface area contributed by atoms with Gasteiger partial charge in [0.15, 0.2) is 0 Å². The third-order valence-corrected chi connectivity index (χ3v) is 4.22. The van der Waals surface area contributed by atoms with Gasteiger partial charge in [0.05, 0.1) is 12.6 Å². The third kappa shape index (κ3) is 2.25. The van der Waals surface area contributed by atoms with Gasteiger partial charge in [-0.1, -0.05) is 36.5 Å². The second-order valence-electron chi connectivity index (χ2n) is 5.17. The van der Waals surface area contributed by atoms with Gasteiger partial charge < -0.3 is 15.4 Å². The Hall–Kier alpha value is -1.65. The molecule has 20 heavy (non-hydrogen) atoms. The fourth-order valence-corrected chi connectivity index (χ4v) is 3.01. The topological polar surface area (TPSA) is 38.5 Å². The van der Waals surface area contributed by atoms with E-state index in [-0.39, 0.29) is 0 Å². The molecule has 104 valence electrons. The highest BCUT2D eigenvalue weighted by molar-refractivity contribution is 7.80. The molecule has 3 nitrogen and oxygen atoms in total. The third-order valence-electron chi connectivity index (χ3n) is 4.00. The molecule has 1 heterocycles. The molecule has 0 amide bonds. The zero-order valence-electron chi connectivity index (χ0n) is 11.5. The Balaban J connectivity index is 2.12. The number of rotatable bonds is 3. The average Bonchev–Trinajstić information content (AvgIpc) is 2.99. The largest absolute Gasteiger partial charge is 0.389 e. The van der Waals surface area contributed by atoms with Crippen molar-refractivity contribution in [2.24, 2.45) is 5.73 Å². The maximum Gasteiger partial charge on any atom is 0.104 e. The fourth-order valence-electron chi connectivity index (χ4n) is 2.83. The quantitative estimate of drug-likeness (QED) is 0.881. The summed E-state index contributed by atoms with van der Waals surface area (Å²) in [7, 11) is 2.13. The molecule has 4 heteroatoms. The van der Waals surface area contributed by atoms with Gasteiger partial charge in [0.2, 0.25) is 0 Å². The summed E-state index contributed by atoms with van der Waals surface area (Å²) in [6, 6.07) is 12.8. The lowest BCUT2D eigenvalue weighted by molar-refractivity contribution is 0.193. The second kappa shape index (κ2) is 5.38. The van der Waals surface area contributed by atoms with Crippen LogP contribution in [0.25, 0.3) is 10.8 Å². The van der Waals surface area contributed by atoms with Crippen molar-refractivity contribution in [3.05, 3.63) is 42.0 Å². The highest BCUT2D eigenvalue weighted by Crippen LogP contribution is 2.31. The van der Waals surface area contributed by atoms with Crippen LogP contribution in [-0.2, 0) is 4.74 Å². The Kier molecular flexibility index (Phi) is 3.59. The molecule has 3 rings (SSSR count). The summed E-state index contributed by atoms with van der Waals surface area (Å²) in [5, 5.41) is 2.30. The summed E-state index contributed by atoms with van der Waals surface area (Å²) in [4.78, 5) is 2.75. The van der Waals surface area contributed by atoms with Gasteiger partial charge in [0.1, 0.15) is 4.99 Å². The van der Waals surface area contributed by atoms with E-state index in [1.807, 2.05) is 18.2 Å². The van der Waals surface area contributed by atoms with Gasteiger partial charge in [-0.15, -0.1) is 0 Å². The number of fused-ring (bicyclic) bond motifs is 1. The number of hydrogen-bond donors (Lipinski definition) is 1. The summed E-state index contributed by atoms with van der Waals surface area (Å²) in [5.41, 5.74) is 7.97. The van der Waals surface area contributed by atoms with Crippen LogP contribution < -0.4 is 10.6 Å². The Labute approximate surface area is 124 Å². The average molecular weight is 286 g/mol. The molecule has 2 aromatic rings. The van der Waals surface area contributed by atoms with Gasteiger partial charge in [0.25, 0.3) is 0 Å². The Morgan fingerprint density at radius 1 is 1.25 bits per heavy atom. The van der Waals surface area contributed by atoms with Gasteiger partial charge >= 0.3 is 0 Å². The number of ether oxygens (including phenoxy) is 1. The van der Waals surface area contributed by atoms with Crippen LogP contribution in [0.2, 0.25) is 0 Å². The van der Waals surface area contributed by atoms with Gasteiger partial charge in [-0.25, -0.2) is 0 Å². The van der Waals surface area contributed by atoms with Crippen molar-refractivity contribution in [1.82, 2.24) is 0 Å². The number of hydrogen-bond acceptors (Lipinski definition) is 3. The van der Waals surface area contributed by atoms with Gasteiger partial charge in [0, 0.05) is 30.3 Å². The van der Waals surface area contributed by atoms with E-state index in [9.17, 15) is 0 Å². The molecule has 0 aliphatic carbocycles. The van der Waals surface area contributed by atoms with E-state index in [0.29, 0.717) is 11.0 Å². The van der Waals surface area contributed by atoms with Crippen molar-refractivity contribution >= 4 is 33.7 Å². The molecule has 2 N–H and O–H groups in total. The van der Waals surface area contributed by atoms with E-state index in [1.165, 1.54) is 11.1 Å². The van der Waals surface area contributed by atoms with Crippen molar-refractivity contribution in [1.29, 1.82) is 0 Å².